The molecule has 0 atom stereocenters. The molecule has 0 bridgehead atoms. The van der Waals surface area contributed by atoms with E-state index in [1.807, 2.05) is 26.8 Å². The molecular weight excluding hydrogens is 242 g/mol. The Balaban J connectivity index is 2.89. The van der Waals surface area contributed by atoms with Gasteiger partial charge in [0.15, 0.2) is 0 Å². The quantitative estimate of drug-likeness (QED) is 0.800. The molecule has 0 aromatic heterocycles. The van der Waals surface area contributed by atoms with Crippen molar-refractivity contribution < 1.29 is 14.7 Å². The summed E-state index contributed by atoms with van der Waals surface area (Å²) in [5, 5.41) is 11.5. The summed E-state index contributed by atoms with van der Waals surface area (Å²) in [4.78, 5) is 22.4. The minimum atomic E-state index is -1.01. The lowest BCUT2D eigenvalue weighted by Crippen LogP contribution is -2.27. The Morgan fingerprint density at radius 2 is 2.05 bits per heavy atom. The highest BCUT2D eigenvalue weighted by molar-refractivity contribution is 5.95. The summed E-state index contributed by atoms with van der Waals surface area (Å²) in [6.45, 7) is 6.54. The predicted molar refractivity (Wildman–Crippen MR) is 75.0 cm³/mol. The number of amides is 1. The predicted octanol–water partition coefficient (Wildman–Crippen LogP) is 2.48. The summed E-state index contributed by atoms with van der Waals surface area (Å²) in [5.74, 6) is -0.756. The summed E-state index contributed by atoms with van der Waals surface area (Å²) < 4.78 is 0. The molecule has 1 aromatic carbocycles. The highest BCUT2D eigenvalue weighted by Gasteiger charge is 2.07. The van der Waals surface area contributed by atoms with Gasteiger partial charge in [0.1, 0.15) is 0 Å². The second kappa shape index (κ2) is 6.73. The van der Waals surface area contributed by atoms with Crippen LogP contribution in [0.25, 0.3) is 6.08 Å². The lowest BCUT2D eigenvalue weighted by Gasteiger charge is -2.09. The van der Waals surface area contributed by atoms with Gasteiger partial charge >= 0.3 is 5.97 Å². The van der Waals surface area contributed by atoms with E-state index in [0.717, 1.165) is 17.2 Å². The number of carbonyl (C=O) groups is 2. The van der Waals surface area contributed by atoms with E-state index >= 15 is 0 Å². The molecule has 2 N–H and O–H groups in total. The van der Waals surface area contributed by atoms with Crippen LogP contribution >= 0.6 is 0 Å². The Labute approximate surface area is 113 Å². The van der Waals surface area contributed by atoms with Crippen LogP contribution < -0.4 is 5.32 Å². The van der Waals surface area contributed by atoms with Crippen molar-refractivity contribution in [2.75, 3.05) is 6.54 Å². The molecule has 0 aliphatic carbocycles. The second-order valence-corrected chi connectivity index (χ2v) is 4.85. The number of rotatable bonds is 5. The second-order valence-electron chi connectivity index (χ2n) is 4.85. The van der Waals surface area contributed by atoms with E-state index in [1.54, 1.807) is 12.1 Å². The van der Waals surface area contributed by atoms with Crippen LogP contribution in [0.2, 0.25) is 0 Å². The maximum atomic E-state index is 11.9. The van der Waals surface area contributed by atoms with E-state index in [-0.39, 0.29) is 5.91 Å². The molecule has 0 aliphatic rings. The largest absolute Gasteiger partial charge is 0.478 e. The molecule has 0 saturated heterocycles. The number of hydrogen-bond donors (Lipinski definition) is 2. The fraction of sp³-hybridized carbons (Fsp3) is 0.333. The van der Waals surface area contributed by atoms with Crippen molar-refractivity contribution in [2.24, 2.45) is 5.92 Å². The number of aliphatic carboxylic acids is 1. The van der Waals surface area contributed by atoms with Crippen molar-refractivity contribution in [2.45, 2.75) is 20.8 Å². The monoisotopic (exact) mass is 261 g/mol. The van der Waals surface area contributed by atoms with Crippen molar-refractivity contribution in [3.63, 3.8) is 0 Å². The smallest absolute Gasteiger partial charge is 0.328 e. The van der Waals surface area contributed by atoms with E-state index in [0.29, 0.717) is 18.0 Å². The van der Waals surface area contributed by atoms with Gasteiger partial charge in [-0.05, 0) is 42.2 Å². The van der Waals surface area contributed by atoms with Crippen LogP contribution in [0.1, 0.15) is 35.3 Å². The van der Waals surface area contributed by atoms with Crippen LogP contribution in [-0.4, -0.2) is 23.5 Å². The van der Waals surface area contributed by atoms with Crippen LogP contribution in [0, 0.1) is 12.8 Å². The molecule has 19 heavy (non-hydrogen) atoms. The van der Waals surface area contributed by atoms with Crippen molar-refractivity contribution >= 4 is 18.0 Å². The van der Waals surface area contributed by atoms with Crippen molar-refractivity contribution in [3.05, 3.63) is 41.0 Å². The maximum Gasteiger partial charge on any atom is 0.328 e. The average molecular weight is 261 g/mol. The molecule has 0 fully saturated rings. The van der Waals surface area contributed by atoms with E-state index in [9.17, 15) is 9.59 Å². The first-order valence-electron chi connectivity index (χ1n) is 6.20. The van der Waals surface area contributed by atoms with Gasteiger partial charge in [-0.3, -0.25) is 4.79 Å². The summed E-state index contributed by atoms with van der Waals surface area (Å²) in [7, 11) is 0. The Morgan fingerprint density at radius 1 is 1.37 bits per heavy atom. The van der Waals surface area contributed by atoms with E-state index < -0.39 is 5.97 Å². The van der Waals surface area contributed by atoms with Crippen molar-refractivity contribution in [3.8, 4) is 0 Å². The van der Waals surface area contributed by atoms with Gasteiger partial charge < -0.3 is 10.4 Å². The van der Waals surface area contributed by atoms with Gasteiger partial charge in [-0.25, -0.2) is 4.79 Å². The van der Waals surface area contributed by atoms with Gasteiger partial charge in [0.05, 0.1) is 0 Å². The van der Waals surface area contributed by atoms with E-state index in [2.05, 4.69) is 5.32 Å². The zero-order valence-corrected chi connectivity index (χ0v) is 11.4. The fourth-order valence-electron chi connectivity index (χ4n) is 1.52. The van der Waals surface area contributed by atoms with Gasteiger partial charge in [-0.2, -0.15) is 0 Å². The molecule has 4 nitrogen and oxygen atoms in total. The SMILES string of the molecule is Cc1ccc(C(=O)NCC(C)C)cc1/C=C/C(=O)O. The average Bonchev–Trinajstić information content (AvgIpc) is 2.34. The number of carbonyl (C=O) groups excluding carboxylic acids is 1. The highest BCUT2D eigenvalue weighted by Crippen LogP contribution is 2.13. The molecule has 4 heteroatoms. The van der Waals surface area contributed by atoms with Gasteiger partial charge in [0, 0.05) is 18.2 Å². The van der Waals surface area contributed by atoms with Gasteiger partial charge in [0.2, 0.25) is 0 Å². The van der Waals surface area contributed by atoms with Crippen LogP contribution in [0.15, 0.2) is 24.3 Å². The van der Waals surface area contributed by atoms with E-state index in [1.165, 1.54) is 6.08 Å². The topological polar surface area (TPSA) is 66.4 Å². The van der Waals surface area contributed by atoms with Crippen LogP contribution in [0.4, 0.5) is 0 Å². The fourth-order valence-corrected chi connectivity index (χ4v) is 1.52. The molecule has 0 aliphatic heterocycles. The Morgan fingerprint density at radius 3 is 2.63 bits per heavy atom. The summed E-state index contributed by atoms with van der Waals surface area (Å²) in [6.07, 6.45) is 2.56. The standard InChI is InChI=1S/C15H19NO3/c1-10(2)9-16-15(19)13-5-4-11(3)12(8-13)6-7-14(17)18/h4-8,10H,9H2,1-3H3,(H,16,19)(H,17,18)/b7-6+. The number of benzene rings is 1. The molecule has 0 unspecified atom stereocenters. The maximum absolute atomic E-state index is 11.9. The number of aryl methyl sites for hydroxylation is 1. The molecule has 0 heterocycles. The Kier molecular flexibility index (Phi) is 5.30. The number of hydrogen-bond acceptors (Lipinski definition) is 2. The first-order valence-corrected chi connectivity index (χ1v) is 6.20. The lowest BCUT2D eigenvalue weighted by molar-refractivity contribution is -0.131. The number of carboxylic acids is 1. The van der Waals surface area contributed by atoms with Gasteiger partial charge in [-0.15, -0.1) is 0 Å². The number of nitrogens with one attached hydrogen (secondary N) is 1. The molecule has 0 spiro atoms. The van der Waals surface area contributed by atoms with Gasteiger partial charge in [-0.1, -0.05) is 19.9 Å². The molecule has 1 amide bonds. The van der Waals surface area contributed by atoms with Crippen molar-refractivity contribution in [1.82, 2.24) is 5.32 Å². The Hall–Kier alpha value is -2.10. The molecule has 102 valence electrons. The zero-order chi connectivity index (χ0) is 14.4. The molecule has 0 radical (unpaired) electrons. The third kappa shape index (κ3) is 4.95. The zero-order valence-electron chi connectivity index (χ0n) is 11.4. The third-order valence-electron chi connectivity index (χ3n) is 2.62. The first-order chi connectivity index (χ1) is 8.90. The first kappa shape index (κ1) is 15.0. The molecule has 1 aromatic rings. The minimum absolute atomic E-state index is 0.140. The minimum Gasteiger partial charge on any atom is -0.478 e. The van der Waals surface area contributed by atoms with Gasteiger partial charge in [0.25, 0.3) is 5.91 Å². The summed E-state index contributed by atoms with van der Waals surface area (Å²) >= 11 is 0. The third-order valence-corrected chi connectivity index (χ3v) is 2.62. The van der Waals surface area contributed by atoms with Crippen LogP contribution in [0.3, 0.4) is 0 Å². The summed E-state index contributed by atoms with van der Waals surface area (Å²) in [5.41, 5.74) is 2.20. The molecule has 0 saturated carbocycles. The van der Waals surface area contributed by atoms with Crippen molar-refractivity contribution in [1.29, 1.82) is 0 Å². The summed E-state index contributed by atoms with van der Waals surface area (Å²) in [6, 6.07) is 5.25. The molecular formula is C15H19NO3. The highest BCUT2D eigenvalue weighted by atomic mass is 16.4. The normalized spacial score (nSPS) is 10.9. The Bertz CT molecular complexity index is 504. The van der Waals surface area contributed by atoms with Crippen LogP contribution in [-0.2, 0) is 4.79 Å². The number of carboxylic acid groups (broad SMARTS) is 1. The van der Waals surface area contributed by atoms with E-state index in [4.69, 9.17) is 5.11 Å². The lowest BCUT2D eigenvalue weighted by atomic mass is 10.0. The molecule has 1 rings (SSSR count). The van der Waals surface area contributed by atoms with Crippen LogP contribution in [0.5, 0.6) is 0 Å².